The fraction of sp³-hybridized carbons (Fsp3) is 0.318. The van der Waals surface area contributed by atoms with Gasteiger partial charge in [-0.3, -0.25) is 25.3 Å². The van der Waals surface area contributed by atoms with Crippen LogP contribution in [-0.4, -0.2) is 47.9 Å². The summed E-state index contributed by atoms with van der Waals surface area (Å²) in [7, 11) is 0. The number of nitrogens with zero attached hydrogens (tertiary/aromatic N) is 2. The Kier molecular flexibility index (Phi) is 7.38. The zero-order valence-corrected chi connectivity index (χ0v) is 17.7. The van der Waals surface area contributed by atoms with Crippen molar-refractivity contribution < 1.29 is 36.3 Å². The third-order valence-corrected chi connectivity index (χ3v) is 5.17. The minimum atomic E-state index is -5.14. The maximum Gasteiger partial charge on any atom is 0.472 e. The van der Waals surface area contributed by atoms with Crippen LogP contribution in [0.5, 0.6) is 0 Å². The number of hydrogen-bond donors (Lipinski definition) is 2. The SMILES string of the molecule is O=C(NNC(=O)C(F)(F)F)c1ccc(CN(C(=O)N2CCC(F)(F)CC2)c2ccccc2)cc1. The molecule has 0 spiro atoms. The molecule has 2 aromatic carbocycles. The smallest absolute Gasteiger partial charge is 0.324 e. The summed E-state index contributed by atoms with van der Waals surface area (Å²) in [5, 5.41) is 0. The molecule has 182 valence electrons. The minimum absolute atomic E-state index is 0.0259. The summed E-state index contributed by atoms with van der Waals surface area (Å²) in [5.74, 6) is -6.08. The van der Waals surface area contributed by atoms with E-state index in [0.717, 1.165) is 0 Å². The van der Waals surface area contributed by atoms with Crippen molar-refractivity contribution in [3.63, 3.8) is 0 Å². The monoisotopic (exact) mass is 484 g/mol. The molecule has 1 fully saturated rings. The number of rotatable bonds is 4. The van der Waals surface area contributed by atoms with E-state index in [9.17, 15) is 36.3 Å². The maximum atomic E-state index is 13.5. The number of para-hydroxylation sites is 1. The fourth-order valence-electron chi connectivity index (χ4n) is 3.27. The molecule has 2 aromatic rings. The van der Waals surface area contributed by atoms with Gasteiger partial charge in [-0.25, -0.2) is 13.6 Å². The molecule has 1 aliphatic heterocycles. The lowest BCUT2D eigenvalue weighted by Crippen LogP contribution is -2.49. The van der Waals surface area contributed by atoms with Crippen molar-refractivity contribution in [2.24, 2.45) is 0 Å². The number of alkyl halides is 5. The van der Waals surface area contributed by atoms with E-state index < -0.39 is 42.8 Å². The van der Waals surface area contributed by atoms with Crippen molar-refractivity contribution in [3.05, 3.63) is 65.7 Å². The van der Waals surface area contributed by atoms with E-state index in [4.69, 9.17) is 0 Å². The lowest BCUT2D eigenvalue weighted by atomic mass is 10.1. The van der Waals surface area contributed by atoms with Gasteiger partial charge < -0.3 is 4.90 Å². The van der Waals surface area contributed by atoms with Crippen LogP contribution in [0, 0.1) is 0 Å². The second kappa shape index (κ2) is 10.1. The summed E-state index contributed by atoms with van der Waals surface area (Å²) in [5.41, 5.74) is 4.04. The number of amides is 4. The van der Waals surface area contributed by atoms with Crippen LogP contribution in [0.2, 0.25) is 0 Å². The van der Waals surface area contributed by atoms with E-state index in [1.54, 1.807) is 35.8 Å². The third kappa shape index (κ3) is 6.42. The Balaban J connectivity index is 1.70. The normalized spacial score (nSPS) is 15.4. The lowest BCUT2D eigenvalue weighted by Gasteiger charge is -2.35. The number of halogens is 5. The van der Waals surface area contributed by atoms with Gasteiger partial charge in [-0.2, -0.15) is 13.2 Å². The Morgan fingerprint density at radius 1 is 0.912 bits per heavy atom. The minimum Gasteiger partial charge on any atom is -0.324 e. The van der Waals surface area contributed by atoms with E-state index in [1.807, 2.05) is 0 Å². The summed E-state index contributed by atoms with van der Waals surface area (Å²) < 4.78 is 63.7. The molecule has 1 heterocycles. The predicted molar refractivity (Wildman–Crippen MR) is 112 cm³/mol. The van der Waals surface area contributed by atoms with Gasteiger partial charge in [0, 0.05) is 37.2 Å². The van der Waals surface area contributed by atoms with Crippen molar-refractivity contribution in [2.45, 2.75) is 31.5 Å². The highest BCUT2D eigenvalue weighted by molar-refractivity contribution is 5.96. The first-order valence-corrected chi connectivity index (χ1v) is 10.2. The molecule has 7 nitrogen and oxygen atoms in total. The second-order valence-corrected chi connectivity index (χ2v) is 7.65. The molecule has 0 radical (unpaired) electrons. The number of carbonyl (C=O) groups excluding carboxylic acids is 3. The van der Waals surface area contributed by atoms with E-state index in [1.165, 1.54) is 39.5 Å². The van der Waals surface area contributed by atoms with Crippen LogP contribution in [0.3, 0.4) is 0 Å². The first-order chi connectivity index (χ1) is 16.0. The van der Waals surface area contributed by atoms with Gasteiger partial charge in [0.15, 0.2) is 0 Å². The molecule has 0 saturated carbocycles. The van der Waals surface area contributed by atoms with Gasteiger partial charge in [-0.1, -0.05) is 30.3 Å². The zero-order chi connectivity index (χ0) is 24.9. The number of likely N-dealkylation sites (tertiary alicyclic amines) is 1. The quantitative estimate of drug-likeness (QED) is 0.511. The molecular weight excluding hydrogens is 463 g/mol. The number of hydrazine groups is 1. The first kappa shape index (κ1) is 24.9. The molecule has 0 bridgehead atoms. The first-order valence-electron chi connectivity index (χ1n) is 10.2. The van der Waals surface area contributed by atoms with Crippen molar-refractivity contribution in [2.75, 3.05) is 18.0 Å². The number of anilines is 1. The van der Waals surface area contributed by atoms with Gasteiger partial charge in [-0.15, -0.1) is 0 Å². The van der Waals surface area contributed by atoms with Crippen LogP contribution >= 0.6 is 0 Å². The Labute approximate surface area is 191 Å². The highest BCUT2D eigenvalue weighted by Gasteiger charge is 2.39. The summed E-state index contributed by atoms with van der Waals surface area (Å²) >= 11 is 0. The Morgan fingerprint density at radius 3 is 2.06 bits per heavy atom. The van der Waals surface area contributed by atoms with Gasteiger partial charge in [0.05, 0.1) is 6.54 Å². The van der Waals surface area contributed by atoms with Crippen molar-refractivity contribution >= 4 is 23.5 Å². The zero-order valence-electron chi connectivity index (χ0n) is 17.7. The molecule has 1 aliphatic rings. The van der Waals surface area contributed by atoms with Crippen LogP contribution < -0.4 is 15.8 Å². The molecular formula is C22H21F5N4O3. The number of piperidine rings is 1. The topological polar surface area (TPSA) is 81.8 Å². The van der Waals surface area contributed by atoms with Crippen LogP contribution in [0.1, 0.15) is 28.8 Å². The number of nitrogens with one attached hydrogen (secondary N) is 2. The Hall–Kier alpha value is -3.70. The molecule has 0 aliphatic carbocycles. The second-order valence-electron chi connectivity index (χ2n) is 7.65. The largest absolute Gasteiger partial charge is 0.472 e. The molecule has 2 N–H and O–H groups in total. The number of benzene rings is 2. The fourth-order valence-corrected chi connectivity index (χ4v) is 3.27. The summed E-state index contributed by atoms with van der Waals surface area (Å²) in [6, 6.07) is 13.8. The maximum absolute atomic E-state index is 13.5. The number of hydrogen-bond acceptors (Lipinski definition) is 3. The Bertz CT molecular complexity index is 1020. The van der Waals surface area contributed by atoms with Crippen molar-refractivity contribution in [3.8, 4) is 0 Å². The van der Waals surface area contributed by atoms with Gasteiger partial charge in [0.1, 0.15) is 0 Å². The molecule has 0 unspecified atom stereocenters. The van der Waals surface area contributed by atoms with E-state index in [0.29, 0.717) is 11.3 Å². The van der Waals surface area contributed by atoms with Crippen LogP contribution in [0.25, 0.3) is 0 Å². The third-order valence-electron chi connectivity index (χ3n) is 5.17. The van der Waals surface area contributed by atoms with Crippen LogP contribution in [-0.2, 0) is 11.3 Å². The van der Waals surface area contributed by atoms with Crippen molar-refractivity contribution in [1.29, 1.82) is 0 Å². The lowest BCUT2D eigenvalue weighted by molar-refractivity contribution is -0.174. The van der Waals surface area contributed by atoms with Gasteiger partial charge >= 0.3 is 18.1 Å². The van der Waals surface area contributed by atoms with Gasteiger partial charge in [0.25, 0.3) is 11.8 Å². The van der Waals surface area contributed by atoms with Crippen LogP contribution in [0.15, 0.2) is 54.6 Å². The average Bonchev–Trinajstić information content (AvgIpc) is 2.80. The number of urea groups is 1. The molecule has 0 atom stereocenters. The van der Waals surface area contributed by atoms with Gasteiger partial charge in [0.2, 0.25) is 0 Å². The molecule has 0 aromatic heterocycles. The molecule has 3 rings (SSSR count). The molecule has 4 amide bonds. The Morgan fingerprint density at radius 2 is 1.50 bits per heavy atom. The number of carbonyl (C=O) groups is 3. The van der Waals surface area contributed by atoms with Gasteiger partial charge in [-0.05, 0) is 29.8 Å². The van der Waals surface area contributed by atoms with E-state index >= 15 is 0 Å². The predicted octanol–water partition coefficient (Wildman–Crippen LogP) is 3.87. The van der Waals surface area contributed by atoms with E-state index in [-0.39, 0.29) is 25.2 Å². The standard InChI is InChI=1S/C22H21F5N4O3/c23-21(24)10-12-30(13-11-21)20(34)31(17-4-2-1-3-5-17)14-15-6-8-16(9-7-15)18(32)28-29-19(33)22(25,26)27/h1-9H,10-14H2,(H,28,32)(H,29,33). The summed E-state index contributed by atoms with van der Waals surface area (Å²) in [6.07, 6.45) is -5.99. The molecule has 34 heavy (non-hydrogen) atoms. The highest BCUT2D eigenvalue weighted by atomic mass is 19.4. The summed E-state index contributed by atoms with van der Waals surface area (Å²) in [6.45, 7) is -0.113. The van der Waals surface area contributed by atoms with Crippen LogP contribution in [0.4, 0.5) is 32.4 Å². The molecule has 1 saturated heterocycles. The molecule has 12 heteroatoms. The van der Waals surface area contributed by atoms with Crippen molar-refractivity contribution in [1.82, 2.24) is 15.8 Å². The van der Waals surface area contributed by atoms with E-state index in [2.05, 4.69) is 0 Å². The summed E-state index contributed by atoms with van der Waals surface area (Å²) in [4.78, 5) is 38.7. The average molecular weight is 484 g/mol. The highest BCUT2D eigenvalue weighted by Crippen LogP contribution is 2.29.